The van der Waals surface area contributed by atoms with Gasteiger partial charge in [0.25, 0.3) is 0 Å². The van der Waals surface area contributed by atoms with Crippen LogP contribution in [0, 0.1) is 6.92 Å². The van der Waals surface area contributed by atoms with E-state index in [1.807, 2.05) is 0 Å². The molecule has 0 radical (unpaired) electrons. The van der Waals surface area contributed by atoms with Gasteiger partial charge in [-0.15, -0.1) is 0 Å². The minimum Gasteiger partial charge on any atom is -0.508 e. The van der Waals surface area contributed by atoms with E-state index in [0.29, 0.717) is 11.1 Å². The predicted octanol–water partition coefficient (Wildman–Crippen LogP) is 2.16. The van der Waals surface area contributed by atoms with E-state index in [4.69, 9.17) is 4.42 Å². The summed E-state index contributed by atoms with van der Waals surface area (Å²) in [6, 6.07) is 3.33. The number of methoxy groups -OCH3 is 1. The number of furan rings is 1. The van der Waals surface area contributed by atoms with Crippen molar-refractivity contribution >= 4 is 16.9 Å². The van der Waals surface area contributed by atoms with Gasteiger partial charge in [0.15, 0.2) is 0 Å². The number of phenols is 1. The summed E-state index contributed by atoms with van der Waals surface area (Å²) in [7, 11) is 1.35. The topological polar surface area (TPSA) is 59.7 Å². The molecule has 16 heavy (non-hydrogen) atoms. The van der Waals surface area contributed by atoms with Gasteiger partial charge < -0.3 is 14.3 Å². The van der Waals surface area contributed by atoms with Crippen LogP contribution in [0.25, 0.3) is 11.0 Å². The molecule has 2 rings (SSSR count). The molecule has 1 N–H and O–H groups in total. The molecule has 0 bridgehead atoms. The molecule has 0 aliphatic heterocycles. The Hall–Kier alpha value is -1.97. The third-order valence-corrected chi connectivity index (χ3v) is 2.60. The molecule has 0 atom stereocenters. The summed E-state index contributed by atoms with van der Waals surface area (Å²) in [5, 5.41) is 10.3. The monoisotopic (exact) mass is 220 g/mol. The Morgan fingerprint density at radius 2 is 2.25 bits per heavy atom. The molecular weight excluding hydrogens is 208 g/mol. The molecule has 0 saturated carbocycles. The fourth-order valence-corrected chi connectivity index (χ4v) is 1.64. The largest absolute Gasteiger partial charge is 0.508 e. The summed E-state index contributed by atoms with van der Waals surface area (Å²) < 4.78 is 9.93. The fraction of sp³-hybridized carbons (Fsp3) is 0.250. The van der Waals surface area contributed by atoms with Crippen molar-refractivity contribution in [2.24, 2.45) is 0 Å². The van der Waals surface area contributed by atoms with Crippen molar-refractivity contribution in [3.05, 3.63) is 29.5 Å². The summed E-state index contributed by atoms with van der Waals surface area (Å²) in [5.74, 6) is -0.125. The Kier molecular flexibility index (Phi) is 2.56. The maximum absolute atomic E-state index is 11.2. The number of carbonyl (C=O) groups is 1. The summed E-state index contributed by atoms with van der Waals surface area (Å²) in [6.07, 6.45) is 1.70. The minimum absolute atomic E-state index is 0.174. The highest BCUT2D eigenvalue weighted by atomic mass is 16.5. The molecule has 84 valence electrons. The molecule has 0 saturated heterocycles. The number of hydrogen-bond donors (Lipinski definition) is 1. The fourth-order valence-electron chi connectivity index (χ4n) is 1.64. The molecular formula is C12H12O4. The third-order valence-electron chi connectivity index (χ3n) is 2.60. The number of phenolic OH excluding ortho intramolecular Hbond substituents is 1. The van der Waals surface area contributed by atoms with Crippen LogP contribution in [-0.4, -0.2) is 18.2 Å². The molecule has 1 heterocycles. The average molecular weight is 220 g/mol. The normalized spacial score (nSPS) is 10.6. The van der Waals surface area contributed by atoms with Crippen LogP contribution < -0.4 is 0 Å². The molecule has 0 amide bonds. The van der Waals surface area contributed by atoms with Crippen LogP contribution in [0.15, 0.2) is 22.8 Å². The summed E-state index contributed by atoms with van der Waals surface area (Å²) in [5.41, 5.74) is 2.05. The van der Waals surface area contributed by atoms with Gasteiger partial charge in [-0.05, 0) is 19.1 Å². The van der Waals surface area contributed by atoms with Crippen molar-refractivity contribution in [1.29, 1.82) is 0 Å². The van der Waals surface area contributed by atoms with Crippen molar-refractivity contribution in [2.45, 2.75) is 13.3 Å². The van der Waals surface area contributed by atoms with Crippen molar-refractivity contribution in [2.75, 3.05) is 7.11 Å². The molecule has 0 unspecified atom stereocenters. The number of aryl methyl sites for hydroxylation is 1. The molecule has 4 nitrogen and oxygen atoms in total. The summed E-state index contributed by atoms with van der Waals surface area (Å²) in [4.78, 5) is 11.2. The van der Waals surface area contributed by atoms with Crippen LogP contribution in [-0.2, 0) is 16.0 Å². The standard InChI is InChI=1S/C12H12O4/c1-7-10(13)4-3-9-8(5-11(14)15-2)6-16-12(7)9/h3-4,6,13H,5H2,1-2H3. The highest BCUT2D eigenvalue weighted by Gasteiger charge is 2.13. The number of fused-ring (bicyclic) bond motifs is 1. The van der Waals surface area contributed by atoms with E-state index < -0.39 is 0 Å². The average Bonchev–Trinajstić information content (AvgIpc) is 2.67. The first-order valence-electron chi connectivity index (χ1n) is 4.89. The predicted molar refractivity (Wildman–Crippen MR) is 58.3 cm³/mol. The third kappa shape index (κ3) is 1.62. The van der Waals surface area contributed by atoms with Gasteiger partial charge in [-0.2, -0.15) is 0 Å². The molecule has 2 aromatic rings. The lowest BCUT2D eigenvalue weighted by molar-refractivity contribution is -0.139. The molecule has 0 fully saturated rings. The van der Waals surface area contributed by atoms with E-state index in [1.165, 1.54) is 13.4 Å². The smallest absolute Gasteiger partial charge is 0.310 e. The van der Waals surface area contributed by atoms with Gasteiger partial charge in [-0.3, -0.25) is 4.79 Å². The molecule has 4 heteroatoms. The van der Waals surface area contributed by atoms with Crippen LogP contribution in [0.5, 0.6) is 5.75 Å². The van der Waals surface area contributed by atoms with Crippen LogP contribution in [0.4, 0.5) is 0 Å². The summed E-state index contributed by atoms with van der Waals surface area (Å²) in [6.45, 7) is 1.77. The lowest BCUT2D eigenvalue weighted by Gasteiger charge is -2.00. The maximum Gasteiger partial charge on any atom is 0.310 e. The number of hydrogen-bond acceptors (Lipinski definition) is 4. The number of aromatic hydroxyl groups is 1. The van der Waals surface area contributed by atoms with Gasteiger partial charge >= 0.3 is 5.97 Å². The van der Waals surface area contributed by atoms with Crippen LogP contribution in [0.1, 0.15) is 11.1 Å². The molecule has 0 aliphatic rings. The van der Waals surface area contributed by atoms with Gasteiger partial charge in [0, 0.05) is 16.5 Å². The van der Waals surface area contributed by atoms with Crippen molar-refractivity contribution < 1.29 is 19.1 Å². The zero-order valence-corrected chi connectivity index (χ0v) is 9.11. The van der Waals surface area contributed by atoms with E-state index in [0.717, 1.165) is 10.9 Å². The Morgan fingerprint density at radius 3 is 2.94 bits per heavy atom. The highest BCUT2D eigenvalue weighted by Crippen LogP contribution is 2.30. The zero-order valence-electron chi connectivity index (χ0n) is 9.11. The van der Waals surface area contributed by atoms with Crippen molar-refractivity contribution in [3.63, 3.8) is 0 Å². The van der Waals surface area contributed by atoms with Gasteiger partial charge in [0.1, 0.15) is 11.3 Å². The van der Waals surface area contributed by atoms with Crippen LogP contribution in [0.2, 0.25) is 0 Å². The maximum atomic E-state index is 11.2. The van der Waals surface area contributed by atoms with Crippen molar-refractivity contribution in [1.82, 2.24) is 0 Å². The van der Waals surface area contributed by atoms with E-state index in [1.54, 1.807) is 19.1 Å². The lowest BCUT2D eigenvalue weighted by atomic mass is 10.1. The van der Waals surface area contributed by atoms with Gasteiger partial charge in [-0.1, -0.05) is 0 Å². The Bertz CT molecular complexity index is 539. The van der Waals surface area contributed by atoms with E-state index in [9.17, 15) is 9.90 Å². The van der Waals surface area contributed by atoms with Crippen LogP contribution >= 0.6 is 0 Å². The van der Waals surface area contributed by atoms with E-state index in [-0.39, 0.29) is 18.1 Å². The Balaban J connectivity index is 2.50. The van der Waals surface area contributed by atoms with Crippen molar-refractivity contribution in [3.8, 4) is 5.75 Å². The molecule has 0 spiro atoms. The minimum atomic E-state index is -0.312. The second kappa shape index (κ2) is 3.89. The molecule has 1 aromatic carbocycles. The number of benzene rings is 1. The summed E-state index contributed by atoms with van der Waals surface area (Å²) >= 11 is 0. The number of ether oxygens (including phenoxy) is 1. The van der Waals surface area contributed by atoms with E-state index >= 15 is 0 Å². The number of rotatable bonds is 2. The van der Waals surface area contributed by atoms with Crippen LogP contribution in [0.3, 0.4) is 0 Å². The Morgan fingerprint density at radius 1 is 1.50 bits per heavy atom. The van der Waals surface area contributed by atoms with Gasteiger partial charge in [0.2, 0.25) is 0 Å². The quantitative estimate of drug-likeness (QED) is 0.788. The molecule has 0 aliphatic carbocycles. The second-order valence-corrected chi connectivity index (χ2v) is 3.60. The first-order chi connectivity index (χ1) is 7.63. The van der Waals surface area contributed by atoms with E-state index in [2.05, 4.69) is 4.74 Å². The number of carbonyl (C=O) groups excluding carboxylic acids is 1. The van der Waals surface area contributed by atoms with Gasteiger partial charge in [0.05, 0.1) is 19.8 Å². The second-order valence-electron chi connectivity index (χ2n) is 3.60. The zero-order chi connectivity index (χ0) is 11.7. The first-order valence-corrected chi connectivity index (χ1v) is 4.89. The lowest BCUT2D eigenvalue weighted by Crippen LogP contribution is -2.03. The van der Waals surface area contributed by atoms with Gasteiger partial charge in [-0.25, -0.2) is 0 Å². The SMILES string of the molecule is COC(=O)Cc1coc2c(C)c(O)ccc12. The number of esters is 1. The highest BCUT2D eigenvalue weighted by molar-refractivity contribution is 5.88. The molecule has 1 aromatic heterocycles. The first kappa shape index (κ1) is 10.5. The Labute approximate surface area is 92.4 Å².